The van der Waals surface area contributed by atoms with Gasteiger partial charge in [-0.15, -0.1) is 0 Å². The number of aliphatic carboxylic acids is 1. The molecule has 0 aromatic heterocycles. The van der Waals surface area contributed by atoms with E-state index in [0.717, 1.165) is 21.5 Å². The first-order valence-corrected chi connectivity index (χ1v) is 17.9. The molecule has 3 N–H and O–H groups in total. The number of alkyl carbamates (subject to hydrolysis) is 1. The van der Waals surface area contributed by atoms with Gasteiger partial charge in [0, 0.05) is 25.4 Å². The summed E-state index contributed by atoms with van der Waals surface area (Å²) in [6, 6.07) is 33.7. The number of likely N-dealkylation sites (tertiary alicyclic amines) is 1. The summed E-state index contributed by atoms with van der Waals surface area (Å²) in [7, 11) is 0. The first-order chi connectivity index (χ1) is 23.3. The zero-order valence-corrected chi connectivity index (χ0v) is 28.8. The lowest BCUT2D eigenvalue weighted by Crippen LogP contribution is -2.68. The third-order valence-corrected chi connectivity index (χ3v) is 12.7. The average molecular weight is 681 g/mol. The van der Waals surface area contributed by atoms with E-state index in [2.05, 4.69) is 5.32 Å². The van der Waals surface area contributed by atoms with Crippen molar-refractivity contribution in [2.45, 2.75) is 58.4 Å². The fourth-order valence-corrected chi connectivity index (χ4v) is 10.7. The van der Waals surface area contributed by atoms with Crippen molar-refractivity contribution in [2.24, 2.45) is 5.92 Å². The predicted molar refractivity (Wildman–Crippen MR) is 192 cm³/mol. The number of carbonyl (C=O) groups is 4. The molecule has 1 saturated heterocycles. The third kappa shape index (κ3) is 7.38. The quantitative estimate of drug-likeness (QED) is 0.119. The number of Topliss-reactive ketones (excluding diaryl/α,β-unsaturated/α-hetero) is 1. The van der Waals surface area contributed by atoms with Crippen LogP contribution in [0, 0.1) is 5.92 Å². The van der Waals surface area contributed by atoms with Crippen molar-refractivity contribution >= 4 is 52.0 Å². The highest BCUT2D eigenvalue weighted by Crippen LogP contribution is 2.49. The van der Waals surface area contributed by atoms with Gasteiger partial charge in [0.25, 0.3) is 0 Å². The van der Waals surface area contributed by atoms with Gasteiger partial charge in [-0.2, -0.15) is 0 Å². The molecule has 49 heavy (non-hydrogen) atoms. The minimum absolute atomic E-state index is 0.112. The van der Waals surface area contributed by atoms with E-state index in [1.54, 1.807) is 45.0 Å². The van der Waals surface area contributed by atoms with Crippen molar-refractivity contribution in [3.8, 4) is 0 Å². The molecule has 1 aliphatic heterocycles. The number of aliphatic hydroxyl groups is 1. The highest BCUT2D eigenvalue weighted by atomic mass is 31.2. The van der Waals surface area contributed by atoms with Gasteiger partial charge in [-0.1, -0.05) is 115 Å². The number of ether oxygens (including phenoxy) is 1. The van der Waals surface area contributed by atoms with Crippen LogP contribution >= 0.6 is 6.89 Å². The lowest BCUT2D eigenvalue weighted by atomic mass is 9.79. The van der Waals surface area contributed by atoms with Crippen molar-refractivity contribution in [1.82, 2.24) is 10.2 Å². The number of hydrogen-bond donors (Lipinski definition) is 3. The molecule has 4 aromatic carbocycles. The predicted octanol–water partition coefficient (Wildman–Crippen LogP) is 4.70. The standard InChI is InChI=1S/C39H41N2O7P/c1-26(42)34-32(24-33(43)28-22-20-27(21-23-28)25-40-38(47)48-39(2,3)4)41(35(34)44)36(37(45)46)49(29-14-8-5-9-15-29,30-16-10-6-11-17-30)31-18-12-7-13-19-31/h5-23,26,32,34,42H,24-25H2,1-4H3,(H,40,47)(H,45,46)/t26-,32-,34-/m1/s1. The van der Waals surface area contributed by atoms with E-state index in [9.17, 15) is 29.4 Å². The Hall–Kier alpha value is -4.98. The molecule has 0 spiro atoms. The Labute approximate surface area is 286 Å². The smallest absolute Gasteiger partial charge is 0.407 e. The van der Waals surface area contributed by atoms with E-state index in [4.69, 9.17) is 4.74 Å². The Kier molecular flexibility index (Phi) is 10.6. The van der Waals surface area contributed by atoms with Crippen LogP contribution in [0.3, 0.4) is 0 Å². The van der Waals surface area contributed by atoms with Gasteiger partial charge in [0.1, 0.15) is 11.0 Å². The molecule has 1 fully saturated rings. The Balaban J connectivity index is 1.58. The number of ketones is 1. The molecule has 3 atom stereocenters. The van der Waals surface area contributed by atoms with E-state index >= 15 is 0 Å². The molecule has 10 heteroatoms. The van der Waals surface area contributed by atoms with E-state index in [1.807, 2.05) is 91.0 Å². The topological polar surface area (TPSA) is 133 Å². The number of aliphatic hydroxyl groups excluding tert-OH is 1. The van der Waals surface area contributed by atoms with Crippen LogP contribution in [-0.2, 0) is 20.9 Å². The summed E-state index contributed by atoms with van der Waals surface area (Å²) in [6.07, 6.45) is -1.88. The summed E-state index contributed by atoms with van der Waals surface area (Å²) in [4.78, 5) is 54.8. The maximum Gasteiger partial charge on any atom is 0.407 e. The largest absolute Gasteiger partial charge is 0.477 e. The summed E-state index contributed by atoms with van der Waals surface area (Å²) in [6.45, 7) is 3.76. The van der Waals surface area contributed by atoms with Gasteiger partial charge in [0.2, 0.25) is 5.91 Å². The Bertz CT molecular complexity index is 1770. The van der Waals surface area contributed by atoms with E-state index in [0.29, 0.717) is 5.56 Å². The number of carbonyl (C=O) groups excluding carboxylic acids is 3. The lowest BCUT2D eigenvalue weighted by molar-refractivity contribution is -0.156. The normalized spacial score (nSPS) is 16.7. The molecule has 254 valence electrons. The molecule has 0 bridgehead atoms. The number of rotatable bonds is 11. The molecule has 1 heterocycles. The molecule has 0 saturated carbocycles. The summed E-state index contributed by atoms with van der Waals surface area (Å²) >= 11 is 0. The highest BCUT2D eigenvalue weighted by Gasteiger charge is 2.55. The SMILES string of the molecule is C[C@@H](O)[C@H]1C(=O)N(C(C(=O)O)=P(c2ccccc2)(c2ccccc2)c2ccccc2)[C@@H]1CC(=O)c1ccc(CNC(=O)OC(C)(C)C)cc1. The summed E-state index contributed by atoms with van der Waals surface area (Å²) in [5, 5.41) is 26.8. The van der Waals surface area contributed by atoms with E-state index < -0.39 is 48.5 Å². The number of hydrogen-bond acceptors (Lipinski definition) is 6. The Morgan fingerprint density at radius 2 is 1.29 bits per heavy atom. The van der Waals surface area contributed by atoms with Crippen molar-refractivity contribution in [3.63, 3.8) is 0 Å². The second-order valence-corrected chi connectivity index (χ2v) is 16.3. The third-order valence-electron chi connectivity index (χ3n) is 8.46. The highest BCUT2D eigenvalue weighted by molar-refractivity contribution is 7.96. The molecule has 0 unspecified atom stereocenters. The van der Waals surface area contributed by atoms with Crippen LogP contribution < -0.4 is 21.2 Å². The van der Waals surface area contributed by atoms with Gasteiger partial charge in [-0.25, -0.2) is 9.59 Å². The van der Waals surface area contributed by atoms with Crippen molar-refractivity contribution in [3.05, 3.63) is 126 Å². The van der Waals surface area contributed by atoms with Gasteiger partial charge in [-0.3, -0.25) is 9.59 Å². The van der Waals surface area contributed by atoms with Crippen molar-refractivity contribution in [2.75, 3.05) is 0 Å². The molecule has 1 aliphatic rings. The fourth-order valence-electron chi connectivity index (χ4n) is 6.36. The number of benzene rings is 4. The Morgan fingerprint density at radius 3 is 1.69 bits per heavy atom. The Morgan fingerprint density at radius 1 is 0.816 bits per heavy atom. The second kappa shape index (κ2) is 14.6. The van der Waals surface area contributed by atoms with Crippen LogP contribution in [0.4, 0.5) is 4.79 Å². The molecule has 0 radical (unpaired) electrons. The average Bonchev–Trinajstić information content (AvgIpc) is 3.07. The lowest BCUT2D eigenvalue weighted by Gasteiger charge is -2.50. The zero-order chi connectivity index (χ0) is 35.3. The van der Waals surface area contributed by atoms with Crippen LogP contribution in [0.25, 0.3) is 0 Å². The molecule has 9 nitrogen and oxygen atoms in total. The van der Waals surface area contributed by atoms with Crippen molar-refractivity contribution in [1.29, 1.82) is 0 Å². The monoisotopic (exact) mass is 680 g/mol. The number of carboxylic acids is 1. The molecular formula is C39H41N2O7P. The van der Waals surface area contributed by atoms with Gasteiger partial charge in [0.05, 0.1) is 18.1 Å². The van der Waals surface area contributed by atoms with Gasteiger partial charge < -0.3 is 25.2 Å². The minimum atomic E-state index is -3.24. The summed E-state index contributed by atoms with van der Waals surface area (Å²) < 4.78 is 5.28. The number of β-lactam (4-membered cyclic amide) rings is 1. The maximum absolute atomic E-state index is 14.0. The van der Waals surface area contributed by atoms with Crippen LogP contribution in [0.2, 0.25) is 0 Å². The fraction of sp³-hybridized carbons (Fsp3) is 0.256. The van der Waals surface area contributed by atoms with Gasteiger partial charge >= 0.3 is 12.1 Å². The number of carboxylic acid groups (broad SMARTS) is 1. The first-order valence-electron chi connectivity index (χ1n) is 16.1. The molecule has 4 aromatic rings. The first kappa shape index (κ1) is 35.3. The zero-order valence-electron chi connectivity index (χ0n) is 27.9. The molecule has 5 rings (SSSR count). The molecular weight excluding hydrogens is 639 g/mol. The summed E-state index contributed by atoms with van der Waals surface area (Å²) in [5.74, 6) is -3.10. The molecule has 0 aliphatic carbocycles. The number of amides is 2. The maximum atomic E-state index is 14.0. The van der Waals surface area contributed by atoms with Crippen LogP contribution in [0.1, 0.15) is 50.0 Å². The van der Waals surface area contributed by atoms with E-state index in [-0.39, 0.29) is 24.2 Å². The van der Waals surface area contributed by atoms with Crippen LogP contribution in [-0.4, -0.2) is 62.0 Å². The summed E-state index contributed by atoms with van der Waals surface area (Å²) in [5.41, 5.74) is 0.356. The second-order valence-electron chi connectivity index (χ2n) is 13.0. The van der Waals surface area contributed by atoms with Crippen molar-refractivity contribution < 1.29 is 34.1 Å². The number of nitrogens with zero attached hydrogens (tertiary/aromatic N) is 1. The van der Waals surface area contributed by atoms with E-state index in [1.165, 1.54) is 11.8 Å². The molecule has 2 amide bonds. The van der Waals surface area contributed by atoms with Crippen LogP contribution in [0.5, 0.6) is 0 Å². The van der Waals surface area contributed by atoms with Crippen LogP contribution in [0.15, 0.2) is 115 Å². The van der Waals surface area contributed by atoms with Gasteiger partial charge in [0.15, 0.2) is 5.78 Å². The minimum Gasteiger partial charge on any atom is -0.477 e. The van der Waals surface area contributed by atoms with Gasteiger partial charge in [-0.05, 0) is 49.2 Å². The number of nitrogens with one attached hydrogen (secondary N) is 1.